The number of anilines is 3. The van der Waals surface area contributed by atoms with Gasteiger partial charge in [-0.25, -0.2) is 0 Å². The molecule has 4 aliphatic carbocycles. The fraction of sp³-hybridized carbons (Fsp3) is 0.229. The summed E-state index contributed by atoms with van der Waals surface area (Å²) in [6, 6.07) is 60.2. The van der Waals surface area contributed by atoms with Crippen molar-refractivity contribution in [1.82, 2.24) is 0 Å². The van der Waals surface area contributed by atoms with Crippen molar-refractivity contribution in [2.75, 3.05) is 4.90 Å². The molecule has 0 fully saturated rings. The molecule has 72 heavy (non-hydrogen) atoms. The van der Waals surface area contributed by atoms with Crippen molar-refractivity contribution in [3.05, 3.63) is 219 Å². The second kappa shape index (κ2) is 14.4. The van der Waals surface area contributed by atoms with Crippen LogP contribution in [-0.2, 0) is 28.1 Å². The highest BCUT2D eigenvalue weighted by Gasteiger charge is 2.50. The SMILES string of the molecule is Cc1cc(C)cc(N(c2ccc3c(c2)C(C)(C)c2cc(-c4ccccc4C(C)(C)C)c4oc5ccccc5c4c2-3)c2ccc3c(c2)C(C)(C)c2c-3c3c(c4c2C(C)(C)c2ccccc2-4)-c2ccccc2C3)c1. The minimum absolute atomic E-state index is 0.0527. The van der Waals surface area contributed by atoms with Crippen LogP contribution in [0.1, 0.15) is 124 Å². The standard InChI is InChI=1S/C70H61NO/c1-39-32-40(2)34-44(33-39)71(42-29-31-49-55(36-42)68(6,7)57-38-51(46-22-14-17-25-53(46)67(3,4)5)66-63(61(49)57)50-24-16-19-27-58(50)72-66)43-28-30-48-56(37-43)70(10,11)64-60(48)52-35-41-20-12-13-21-45(41)59(52)62-47-23-15-18-26-54(47)69(8,9)65(62)64/h12-34,36-38H,35H2,1-11H3. The molecule has 2 heteroatoms. The maximum atomic E-state index is 6.98. The molecule has 0 saturated heterocycles. The van der Waals surface area contributed by atoms with E-state index < -0.39 is 0 Å². The van der Waals surface area contributed by atoms with Gasteiger partial charge in [-0.1, -0.05) is 172 Å². The molecule has 0 radical (unpaired) electrons. The minimum Gasteiger partial charge on any atom is -0.455 e. The number of aryl methyl sites for hydroxylation is 2. The highest BCUT2D eigenvalue weighted by Crippen LogP contribution is 2.65. The molecule has 2 nitrogen and oxygen atoms in total. The lowest BCUT2D eigenvalue weighted by molar-refractivity contribution is 0.591. The molecule has 10 aromatic rings. The Hall–Kier alpha value is -7.42. The van der Waals surface area contributed by atoms with Crippen LogP contribution < -0.4 is 4.90 Å². The molecular weight excluding hydrogens is 871 g/mol. The maximum Gasteiger partial charge on any atom is 0.143 e. The van der Waals surface area contributed by atoms with Gasteiger partial charge in [0.2, 0.25) is 0 Å². The molecular formula is C70H61NO. The average Bonchev–Trinajstić information content (AvgIpc) is 4.10. The lowest BCUT2D eigenvalue weighted by atomic mass is 9.71. The summed E-state index contributed by atoms with van der Waals surface area (Å²) in [6.45, 7) is 26.2. The van der Waals surface area contributed by atoms with Gasteiger partial charge in [-0.2, -0.15) is 0 Å². The van der Waals surface area contributed by atoms with Gasteiger partial charge in [-0.15, -0.1) is 0 Å². The smallest absolute Gasteiger partial charge is 0.143 e. The first-order valence-corrected chi connectivity index (χ1v) is 26.1. The number of furan rings is 1. The fourth-order valence-corrected chi connectivity index (χ4v) is 14.4. The van der Waals surface area contributed by atoms with Gasteiger partial charge >= 0.3 is 0 Å². The summed E-state index contributed by atoms with van der Waals surface area (Å²) in [4.78, 5) is 2.54. The molecule has 0 bridgehead atoms. The van der Waals surface area contributed by atoms with E-state index in [-0.39, 0.29) is 21.7 Å². The Morgan fingerprint density at radius 2 is 1.01 bits per heavy atom. The van der Waals surface area contributed by atoms with Crippen LogP contribution in [-0.4, -0.2) is 0 Å². The average molecular weight is 932 g/mol. The van der Waals surface area contributed by atoms with Crippen molar-refractivity contribution < 1.29 is 4.42 Å². The molecule has 352 valence electrons. The summed E-state index contributed by atoms with van der Waals surface area (Å²) in [5.74, 6) is 0. The van der Waals surface area contributed by atoms with E-state index in [1.54, 1.807) is 0 Å². The quantitative estimate of drug-likeness (QED) is 0.175. The first kappa shape index (κ1) is 43.4. The summed E-state index contributed by atoms with van der Waals surface area (Å²) in [5.41, 5.74) is 33.4. The summed E-state index contributed by atoms with van der Waals surface area (Å²) in [5, 5.41) is 2.37. The Bertz CT molecular complexity index is 4030. The predicted octanol–water partition coefficient (Wildman–Crippen LogP) is 19.1. The molecule has 0 N–H and O–H groups in total. The number of nitrogens with zero attached hydrogens (tertiary/aromatic N) is 1. The van der Waals surface area contributed by atoms with E-state index in [0.29, 0.717) is 0 Å². The van der Waals surface area contributed by atoms with Crippen molar-refractivity contribution >= 4 is 39.0 Å². The molecule has 0 spiro atoms. The molecule has 9 aromatic carbocycles. The Kier molecular flexibility index (Phi) is 8.66. The van der Waals surface area contributed by atoms with E-state index in [1.807, 2.05) is 0 Å². The zero-order valence-electron chi connectivity index (χ0n) is 43.6. The van der Waals surface area contributed by atoms with Crippen LogP contribution in [0.3, 0.4) is 0 Å². The number of benzene rings is 9. The predicted molar refractivity (Wildman–Crippen MR) is 303 cm³/mol. The zero-order chi connectivity index (χ0) is 49.5. The second-order valence-corrected chi connectivity index (χ2v) is 24.2. The number of rotatable bonds is 4. The summed E-state index contributed by atoms with van der Waals surface area (Å²) < 4.78 is 6.98. The normalized spacial score (nSPS) is 15.7. The molecule has 14 rings (SSSR count). The van der Waals surface area contributed by atoms with E-state index in [1.165, 1.54) is 128 Å². The van der Waals surface area contributed by atoms with Gasteiger partial charge in [0.1, 0.15) is 11.2 Å². The zero-order valence-corrected chi connectivity index (χ0v) is 43.6. The van der Waals surface area contributed by atoms with E-state index in [9.17, 15) is 0 Å². The largest absolute Gasteiger partial charge is 0.455 e. The Labute approximate surface area is 425 Å². The highest BCUT2D eigenvalue weighted by molar-refractivity contribution is 6.19. The highest BCUT2D eigenvalue weighted by atomic mass is 16.3. The van der Waals surface area contributed by atoms with E-state index in [4.69, 9.17) is 4.42 Å². The summed E-state index contributed by atoms with van der Waals surface area (Å²) >= 11 is 0. The van der Waals surface area contributed by atoms with Gasteiger partial charge in [0, 0.05) is 49.6 Å². The third kappa shape index (κ3) is 5.67. The van der Waals surface area contributed by atoms with Crippen molar-refractivity contribution in [1.29, 1.82) is 0 Å². The summed E-state index contributed by atoms with van der Waals surface area (Å²) in [7, 11) is 0. The molecule has 4 aliphatic rings. The van der Waals surface area contributed by atoms with E-state index >= 15 is 0 Å². The van der Waals surface area contributed by atoms with Crippen LogP contribution in [0.25, 0.3) is 77.6 Å². The number of hydrogen-bond acceptors (Lipinski definition) is 2. The third-order valence-corrected chi connectivity index (χ3v) is 17.6. The number of fused-ring (bicyclic) bond motifs is 19. The van der Waals surface area contributed by atoms with Gasteiger partial charge in [0.15, 0.2) is 0 Å². The minimum atomic E-state index is -0.308. The van der Waals surface area contributed by atoms with Gasteiger partial charge in [0.25, 0.3) is 0 Å². The van der Waals surface area contributed by atoms with Crippen molar-refractivity contribution in [2.24, 2.45) is 0 Å². The maximum absolute atomic E-state index is 6.98. The number of para-hydroxylation sites is 1. The monoisotopic (exact) mass is 931 g/mol. The van der Waals surface area contributed by atoms with E-state index in [0.717, 1.165) is 34.2 Å². The summed E-state index contributed by atoms with van der Waals surface area (Å²) in [6.07, 6.45) is 0.953. The Balaban J connectivity index is 0.979. The van der Waals surface area contributed by atoms with Crippen LogP contribution in [0.5, 0.6) is 0 Å². The van der Waals surface area contributed by atoms with E-state index in [2.05, 4.69) is 239 Å². The first-order chi connectivity index (χ1) is 34.4. The first-order valence-electron chi connectivity index (χ1n) is 26.1. The Morgan fingerprint density at radius 3 is 1.74 bits per heavy atom. The van der Waals surface area contributed by atoms with Gasteiger partial charge in [-0.05, 0) is 185 Å². The molecule has 1 heterocycles. The van der Waals surface area contributed by atoms with Gasteiger partial charge < -0.3 is 9.32 Å². The topological polar surface area (TPSA) is 16.4 Å². The van der Waals surface area contributed by atoms with Crippen LogP contribution in [0.4, 0.5) is 17.1 Å². The number of hydrogen-bond donors (Lipinski definition) is 0. The van der Waals surface area contributed by atoms with Crippen LogP contribution in [0.15, 0.2) is 162 Å². The lowest BCUT2D eigenvalue weighted by Gasteiger charge is -2.32. The van der Waals surface area contributed by atoms with Crippen LogP contribution >= 0.6 is 0 Å². The van der Waals surface area contributed by atoms with Crippen molar-refractivity contribution in [2.45, 2.75) is 104 Å². The van der Waals surface area contributed by atoms with Crippen LogP contribution in [0.2, 0.25) is 0 Å². The second-order valence-electron chi connectivity index (χ2n) is 24.2. The van der Waals surface area contributed by atoms with Crippen molar-refractivity contribution in [3.63, 3.8) is 0 Å². The lowest BCUT2D eigenvalue weighted by Crippen LogP contribution is -2.24. The molecule has 0 atom stereocenters. The molecule has 0 saturated carbocycles. The molecule has 1 aromatic heterocycles. The van der Waals surface area contributed by atoms with Crippen molar-refractivity contribution in [3.8, 4) is 55.6 Å². The third-order valence-electron chi connectivity index (χ3n) is 17.6. The fourth-order valence-electron chi connectivity index (χ4n) is 14.4. The van der Waals surface area contributed by atoms with Gasteiger partial charge in [-0.3, -0.25) is 0 Å². The molecule has 0 unspecified atom stereocenters. The van der Waals surface area contributed by atoms with Gasteiger partial charge in [0.05, 0.1) is 0 Å². The molecule has 0 aliphatic heterocycles. The molecule has 0 amide bonds. The van der Waals surface area contributed by atoms with Crippen LogP contribution in [0, 0.1) is 13.8 Å². The Morgan fingerprint density at radius 1 is 0.444 bits per heavy atom.